The minimum atomic E-state index is -0.368. The Morgan fingerprint density at radius 3 is 2.31 bits per heavy atom. The lowest BCUT2D eigenvalue weighted by Crippen LogP contribution is -2.32. The second-order valence-electron chi connectivity index (χ2n) is 6.10. The van der Waals surface area contributed by atoms with Crippen LogP contribution in [0.4, 0.5) is 4.39 Å². The number of carbonyl (C=O) groups excluding carboxylic acids is 2. The van der Waals surface area contributed by atoms with E-state index in [9.17, 15) is 14.0 Å². The molecule has 2 amide bonds. The summed E-state index contributed by atoms with van der Waals surface area (Å²) in [5, 5.41) is 0. The molecule has 0 spiro atoms. The van der Waals surface area contributed by atoms with E-state index in [4.69, 9.17) is 0 Å². The molecule has 5 heteroatoms. The molecule has 0 saturated carbocycles. The van der Waals surface area contributed by atoms with Gasteiger partial charge in [-0.05, 0) is 29.7 Å². The summed E-state index contributed by atoms with van der Waals surface area (Å²) in [6.07, 6.45) is 1.67. The standard InChI is InChI=1S/C21H20FNO2S/c1-2-3-13-23-20(24)18(16-9-11-17(22)12-10-16)19(21(23)25)26-14-15-7-5-4-6-8-15/h4-12H,2-3,13-14H2,1H3. The minimum absolute atomic E-state index is 0.247. The van der Waals surface area contributed by atoms with Gasteiger partial charge in [0.15, 0.2) is 0 Å². The molecular formula is C21H20FNO2S. The maximum absolute atomic E-state index is 13.3. The van der Waals surface area contributed by atoms with Crippen LogP contribution in [0.2, 0.25) is 0 Å². The first-order chi connectivity index (χ1) is 12.6. The second kappa shape index (κ2) is 8.32. The largest absolute Gasteiger partial charge is 0.274 e. The topological polar surface area (TPSA) is 37.4 Å². The Balaban J connectivity index is 1.93. The van der Waals surface area contributed by atoms with Gasteiger partial charge in [0, 0.05) is 12.3 Å². The van der Waals surface area contributed by atoms with Crippen LogP contribution in [0, 0.1) is 5.82 Å². The molecule has 0 radical (unpaired) electrons. The van der Waals surface area contributed by atoms with Gasteiger partial charge in [0.1, 0.15) is 5.82 Å². The van der Waals surface area contributed by atoms with Crippen LogP contribution in [0.15, 0.2) is 59.5 Å². The zero-order valence-corrected chi connectivity index (χ0v) is 15.4. The van der Waals surface area contributed by atoms with Crippen molar-refractivity contribution in [3.63, 3.8) is 0 Å². The van der Waals surface area contributed by atoms with Crippen molar-refractivity contribution in [1.82, 2.24) is 4.90 Å². The number of benzene rings is 2. The third-order valence-corrected chi connectivity index (χ3v) is 5.36. The molecule has 0 unspecified atom stereocenters. The van der Waals surface area contributed by atoms with E-state index in [1.807, 2.05) is 37.3 Å². The third kappa shape index (κ3) is 3.88. The van der Waals surface area contributed by atoms with Crippen LogP contribution >= 0.6 is 11.8 Å². The molecule has 0 N–H and O–H groups in total. The smallest absolute Gasteiger partial charge is 0.267 e. The predicted octanol–water partition coefficient (Wildman–Crippen LogP) is 4.64. The van der Waals surface area contributed by atoms with E-state index >= 15 is 0 Å². The van der Waals surface area contributed by atoms with E-state index in [1.165, 1.54) is 28.8 Å². The van der Waals surface area contributed by atoms with Gasteiger partial charge in [0.05, 0.1) is 10.5 Å². The summed E-state index contributed by atoms with van der Waals surface area (Å²) in [5.41, 5.74) is 2.04. The monoisotopic (exact) mass is 369 g/mol. The van der Waals surface area contributed by atoms with Gasteiger partial charge in [0.25, 0.3) is 11.8 Å². The van der Waals surface area contributed by atoms with Crippen molar-refractivity contribution >= 4 is 29.1 Å². The van der Waals surface area contributed by atoms with Crippen molar-refractivity contribution in [2.75, 3.05) is 6.54 Å². The highest BCUT2D eigenvalue weighted by Crippen LogP contribution is 2.37. The molecule has 0 aliphatic carbocycles. The number of amides is 2. The average Bonchev–Trinajstić information content (AvgIpc) is 2.89. The molecular weight excluding hydrogens is 349 g/mol. The van der Waals surface area contributed by atoms with Crippen LogP contribution in [0.1, 0.15) is 30.9 Å². The Kier molecular flexibility index (Phi) is 5.89. The summed E-state index contributed by atoms with van der Waals surface area (Å²) < 4.78 is 13.3. The summed E-state index contributed by atoms with van der Waals surface area (Å²) in [6, 6.07) is 15.5. The first kappa shape index (κ1) is 18.4. The van der Waals surface area contributed by atoms with Gasteiger partial charge in [-0.15, -0.1) is 11.8 Å². The fourth-order valence-electron chi connectivity index (χ4n) is 2.81. The van der Waals surface area contributed by atoms with Gasteiger partial charge in [-0.3, -0.25) is 14.5 Å². The third-order valence-electron chi connectivity index (χ3n) is 4.22. The number of carbonyl (C=O) groups is 2. The zero-order valence-electron chi connectivity index (χ0n) is 14.6. The lowest BCUT2D eigenvalue weighted by molar-refractivity contribution is -0.136. The molecule has 0 aromatic heterocycles. The maximum atomic E-state index is 13.3. The lowest BCUT2D eigenvalue weighted by Gasteiger charge is -2.14. The van der Waals surface area contributed by atoms with Crippen LogP contribution in [-0.4, -0.2) is 23.3 Å². The number of hydrogen-bond donors (Lipinski definition) is 0. The van der Waals surface area contributed by atoms with Crippen molar-refractivity contribution in [1.29, 1.82) is 0 Å². The Morgan fingerprint density at radius 2 is 1.65 bits per heavy atom. The van der Waals surface area contributed by atoms with E-state index in [0.717, 1.165) is 18.4 Å². The average molecular weight is 369 g/mol. The second-order valence-corrected chi connectivity index (χ2v) is 7.09. The van der Waals surface area contributed by atoms with Crippen LogP contribution in [0.25, 0.3) is 5.57 Å². The van der Waals surface area contributed by atoms with Gasteiger partial charge in [-0.25, -0.2) is 4.39 Å². The molecule has 2 aromatic rings. The van der Waals surface area contributed by atoms with Gasteiger partial charge < -0.3 is 0 Å². The van der Waals surface area contributed by atoms with Gasteiger partial charge in [-0.2, -0.15) is 0 Å². The van der Waals surface area contributed by atoms with Gasteiger partial charge in [-0.1, -0.05) is 55.8 Å². The van der Waals surface area contributed by atoms with E-state index in [-0.39, 0.29) is 17.6 Å². The Hall–Kier alpha value is -2.40. The van der Waals surface area contributed by atoms with Crippen LogP contribution < -0.4 is 0 Å². The molecule has 3 rings (SSSR count). The van der Waals surface area contributed by atoms with Gasteiger partial charge in [0.2, 0.25) is 0 Å². The van der Waals surface area contributed by atoms with Crippen molar-refractivity contribution < 1.29 is 14.0 Å². The number of halogens is 1. The summed E-state index contributed by atoms with van der Waals surface area (Å²) in [4.78, 5) is 27.5. The fourth-order valence-corrected chi connectivity index (χ4v) is 3.89. The van der Waals surface area contributed by atoms with E-state index < -0.39 is 0 Å². The number of nitrogens with zero attached hydrogens (tertiary/aromatic N) is 1. The molecule has 0 saturated heterocycles. The van der Waals surface area contributed by atoms with E-state index in [2.05, 4.69) is 0 Å². The molecule has 3 nitrogen and oxygen atoms in total. The highest BCUT2D eigenvalue weighted by atomic mass is 32.2. The molecule has 1 aliphatic heterocycles. The lowest BCUT2D eigenvalue weighted by atomic mass is 10.1. The summed E-state index contributed by atoms with van der Waals surface area (Å²) in [5.74, 6) is -0.302. The number of rotatable bonds is 7. The summed E-state index contributed by atoms with van der Waals surface area (Å²) in [7, 11) is 0. The number of unbranched alkanes of at least 4 members (excludes halogenated alkanes) is 1. The quantitative estimate of drug-likeness (QED) is 0.667. The molecule has 0 fully saturated rings. The summed E-state index contributed by atoms with van der Waals surface area (Å²) >= 11 is 1.37. The molecule has 26 heavy (non-hydrogen) atoms. The minimum Gasteiger partial charge on any atom is -0.274 e. The highest BCUT2D eigenvalue weighted by Gasteiger charge is 2.38. The molecule has 1 aliphatic rings. The van der Waals surface area contributed by atoms with Crippen molar-refractivity contribution in [3.8, 4) is 0 Å². The number of imide groups is 1. The van der Waals surface area contributed by atoms with Crippen molar-refractivity contribution in [3.05, 3.63) is 76.4 Å². The molecule has 1 heterocycles. The van der Waals surface area contributed by atoms with Crippen molar-refractivity contribution in [2.45, 2.75) is 25.5 Å². The number of thioether (sulfide) groups is 1. The van der Waals surface area contributed by atoms with Crippen LogP contribution in [0.3, 0.4) is 0 Å². The Bertz CT molecular complexity index is 831. The Morgan fingerprint density at radius 1 is 0.962 bits per heavy atom. The fraction of sp³-hybridized carbons (Fsp3) is 0.238. The highest BCUT2D eigenvalue weighted by molar-refractivity contribution is 8.03. The maximum Gasteiger partial charge on any atom is 0.267 e. The molecule has 2 aromatic carbocycles. The molecule has 134 valence electrons. The molecule has 0 bridgehead atoms. The van der Waals surface area contributed by atoms with Crippen LogP contribution in [-0.2, 0) is 15.3 Å². The summed E-state index contributed by atoms with van der Waals surface area (Å²) in [6.45, 7) is 2.43. The number of hydrogen-bond acceptors (Lipinski definition) is 3. The van der Waals surface area contributed by atoms with E-state index in [0.29, 0.717) is 28.3 Å². The molecule has 0 atom stereocenters. The normalized spacial score (nSPS) is 14.5. The van der Waals surface area contributed by atoms with E-state index in [1.54, 1.807) is 12.1 Å². The zero-order chi connectivity index (χ0) is 18.5. The van der Waals surface area contributed by atoms with Crippen LogP contribution in [0.5, 0.6) is 0 Å². The first-order valence-electron chi connectivity index (χ1n) is 8.65. The Labute approximate surface area is 156 Å². The van der Waals surface area contributed by atoms with Gasteiger partial charge >= 0.3 is 0 Å². The SMILES string of the molecule is CCCCN1C(=O)C(SCc2ccccc2)=C(c2ccc(F)cc2)C1=O. The predicted molar refractivity (Wildman–Crippen MR) is 103 cm³/mol. The van der Waals surface area contributed by atoms with Crippen molar-refractivity contribution in [2.24, 2.45) is 0 Å². The first-order valence-corrected chi connectivity index (χ1v) is 9.63.